The summed E-state index contributed by atoms with van der Waals surface area (Å²) in [4.78, 5) is 23.2. The second kappa shape index (κ2) is 49.0. The molecule has 3 N–H and O–H groups in total. The van der Waals surface area contributed by atoms with E-state index in [9.17, 15) is 19.4 Å². The first kappa shape index (κ1) is 65.0. The minimum atomic E-state index is -4.34. The molecule has 0 aliphatic carbocycles. The number of hydrogen-bond donors (Lipinski definition) is 3. The topological polar surface area (TPSA) is 105 Å². The molecular formula is C57H114N2O6P+. The molecule has 0 rings (SSSR count). The van der Waals surface area contributed by atoms with Gasteiger partial charge in [0.1, 0.15) is 13.2 Å². The monoisotopic (exact) mass is 954 g/mol. The molecule has 0 aromatic carbocycles. The molecule has 3 atom stereocenters. The van der Waals surface area contributed by atoms with Gasteiger partial charge in [-0.2, -0.15) is 0 Å². The Balaban J connectivity index is 4.06. The van der Waals surface area contributed by atoms with Crippen LogP contribution >= 0.6 is 7.82 Å². The largest absolute Gasteiger partial charge is 0.472 e. The minimum absolute atomic E-state index is 0.0613. The summed E-state index contributed by atoms with van der Waals surface area (Å²) in [6.45, 7) is 4.82. The maximum Gasteiger partial charge on any atom is 0.472 e. The molecule has 9 heteroatoms. The van der Waals surface area contributed by atoms with Crippen LogP contribution in [0.15, 0.2) is 24.3 Å². The van der Waals surface area contributed by atoms with E-state index in [1.165, 1.54) is 212 Å². The highest BCUT2D eigenvalue weighted by Crippen LogP contribution is 2.43. The van der Waals surface area contributed by atoms with Crippen LogP contribution in [0.2, 0.25) is 0 Å². The number of nitrogens with one attached hydrogen (secondary N) is 1. The van der Waals surface area contributed by atoms with Gasteiger partial charge in [-0.05, 0) is 44.9 Å². The third-order valence-corrected chi connectivity index (χ3v) is 14.1. The molecule has 0 saturated heterocycles. The summed E-state index contributed by atoms with van der Waals surface area (Å²) in [7, 11) is 1.58. The van der Waals surface area contributed by atoms with Gasteiger partial charge in [-0.25, -0.2) is 4.57 Å². The van der Waals surface area contributed by atoms with Crippen LogP contribution in [0.4, 0.5) is 0 Å². The van der Waals surface area contributed by atoms with Crippen LogP contribution in [0.1, 0.15) is 284 Å². The van der Waals surface area contributed by atoms with Crippen molar-refractivity contribution >= 4 is 13.7 Å². The van der Waals surface area contributed by atoms with Crippen LogP contribution in [-0.4, -0.2) is 73.4 Å². The van der Waals surface area contributed by atoms with Gasteiger partial charge in [0.05, 0.1) is 39.9 Å². The zero-order valence-corrected chi connectivity index (χ0v) is 45.6. The lowest BCUT2D eigenvalue weighted by Crippen LogP contribution is -2.45. The average molecular weight is 955 g/mol. The molecule has 0 spiro atoms. The number of rotatable bonds is 53. The summed E-state index contributed by atoms with van der Waals surface area (Å²) in [5, 5.41) is 13.9. The van der Waals surface area contributed by atoms with Crippen LogP contribution in [-0.2, 0) is 18.4 Å². The quantitative estimate of drug-likeness (QED) is 0.0243. The van der Waals surface area contributed by atoms with Gasteiger partial charge in [0, 0.05) is 6.42 Å². The number of carbonyl (C=O) groups excluding carboxylic acids is 1. The standard InChI is InChI=1S/C57H113N2O6P/c1-6-8-10-12-14-16-18-20-21-22-23-24-25-26-27-28-29-30-31-32-33-34-35-36-37-39-40-42-44-46-48-50-56(60)55(54-65-66(62,63)64-53-52-59(3,4)5)58-57(61)51-49-47-45-43-41-38-19-17-15-13-11-9-7-2/h17,19,48,50,55-56,60H,6-16,18,20-47,49,51-54H2,1-5H3,(H-,58,61,62,63)/p+1/b19-17-,50-48+. The number of nitrogens with zero attached hydrogens (tertiary/aromatic N) is 1. The van der Waals surface area contributed by atoms with Crippen molar-refractivity contribution in [2.75, 3.05) is 40.9 Å². The van der Waals surface area contributed by atoms with Crippen LogP contribution in [0.25, 0.3) is 0 Å². The molecule has 0 aromatic heterocycles. The number of aliphatic hydroxyl groups is 1. The van der Waals surface area contributed by atoms with Gasteiger partial charge >= 0.3 is 7.82 Å². The molecule has 0 bridgehead atoms. The average Bonchev–Trinajstić information content (AvgIpc) is 3.28. The molecule has 0 radical (unpaired) electrons. The fourth-order valence-corrected chi connectivity index (χ4v) is 9.36. The molecule has 3 unspecified atom stereocenters. The van der Waals surface area contributed by atoms with E-state index < -0.39 is 20.0 Å². The summed E-state index contributed by atoms with van der Waals surface area (Å²) in [5.74, 6) is -0.184. The van der Waals surface area contributed by atoms with Gasteiger partial charge < -0.3 is 19.8 Å². The van der Waals surface area contributed by atoms with Crippen molar-refractivity contribution in [1.82, 2.24) is 5.32 Å². The Kier molecular flexibility index (Phi) is 48.2. The lowest BCUT2D eigenvalue weighted by atomic mass is 10.0. The van der Waals surface area contributed by atoms with E-state index in [0.717, 1.165) is 51.4 Å². The SMILES string of the molecule is CCCCCC/C=C\CCCCCCCC(=O)NC(COP(=O)(O)OCC[N+](C)(C)C)C(O)/C=C/CCCCCCCCCCCCCCCCCCCCCCCCCCCCCCC. The number of hydrogen-bond acceptors (Lipinski definition) is 5. The lowest BCUT2D eigenvalue weighted by molar-refractivity contribution is -0.870. The molecular weight excluding hydrogens is 840 g/mol. The summed E-state index contributed by atoms with van der Waals surface area (Å²) < 4.78 is 23.7. The Morgan fingerprint density at radius 3 is 1.18 bits per heavy atom. The number of phosphoric ester groups is 1. The Morgan fingerprint density at radius 2 is 0.818 bits per heavy atom. The van der Waals surface area contributed by atoms with Gasteiger partial charge in [-0.1, -0.05) is 256 Å². The van der Waals surface area contributed by atoms with Crippen molar-refractivity contribution in [3.05, 3.63) is 24.3 Å². The number of likely N-dealkylation sites (N-methyl/N-ethyl adjacent to an activating group) is 1. The zero-order chi connectivity index (χ0) is 48.5. The maximum absolute atomic E-state index is 12.9. The van der Waals surface area contributed by atoms with Crippen molar-refractivity contribution in [3.63, 3.8) is 0 Å². The van der Waals surface area contributed by atoms with Crippen LogP contribution in [0.3, 0.4) is 0 Å². The Hall–Kier alpha value is -1.02. The zero-order valence-electron chi connectivity index (χ0n) is 44.7. The second-order valence-corrected chi connectivity index (χ2v) is 22.5. The maximum atomic E-state index is 12.9. The molecule has 0 heterocycles. The van der Waals surface area contributed by atoms with Crippen LogP contribution < -0.4 is 5.32 Å². The molecule has 66 heavy (non-hydrogen) atoms. The first-order valence-electron chi connectivity index (χ1n) is 28.7. The van der Waals surface area contributed by atoms with E-state index in [1.807, 2.05) is 27.2 Å². The third-order valence-electron chi connectivity index (χ3n) is 13.2. The predicted molar refractivity (Wildman–Crippen MR) is 286 cm³/mol. The van der Waals surface area contributed by atoms with Gasteiger partial charge in [0.15, 0.2) is 0 Å². The number of quaternary nitrogens is 1. The van der Waals surface area contributed by atoms with Crippen molar-refractivity contribution in [3.8, 4) is 0 Å². The molecule has 8 nitrogen and oxygen atoms in total. The van der Waals surface area contributed by atoms with E-state index in [4.69, 9.17) is 9.05 Å². The normalized spacial score (nSPS) is 14.1. The molecule has 392 valence electrons. The Labute approximate surface area is 411 Å². The summed E-state index contributed by atoms with van der Waals surface area (Å²) >= 11 is 0. The van der Waals surface area contributed by atoms with E-state index in [-0.39, 0.29) is 19.1 Å². The number of aliphatic hydroxyl groups excluding tert-OH is 1. The summed E-state index contributed by atoms with van der Waals surface area (Å²) in [6, 6.07) is -0.849. The number of phosphoric acid groups is 1. The minimum Gasteiger partial charge on any atom is -0.387 e. The Bertz CT molecular complexity index is 1130. The summed E-state index contributed by atoms with van der Waals surface area (Å²) in [6.07, 6.45) is 61.5. The predicted octanol–water partition coefficient (Wildman–Crippen LogP) is 17.2. The second-order valence-electron chi connectivity index (χ2n) is 21.0. The number of allylic oxidation sites excluding steroid dienone is 3. The van der Waals surface area contributed by atoms with Crippen molar-refractivity contribution < 1.29 is 32.9 Å². The van der Waals surface area contributed by atoms with Crippen LogP contribution in [0.5, 0.6) is 0 Å². The van der Waals surface area contributed by atoms with E-state index >= 15 is 0 Å². The van der Waals surface area contributed by atoms with E-state index in [0.29, 0.717) is 17.4 Å². The number of carbonyl (C=O) groups is 1. The van der Waals surface area contributed by atoms with Crippen molar-refractivity contribution in [1.29, 1.82) is 0 Å². The molecule has 1 amide bonds. The number of unbranched alkanes of at least 4 members (excludes halogenated alkanes) is 38. The van der Waals surface area contributed by atoms with Gasteiger partial charge in [-0.3, -0.25) is 13.8 Å². The van der Waals surface area contributed by atoms with Gasteiger partial charge in [0.25, 0.3) is 0 Å². The van der Waals surface area contributed by atoms with E-state index in [1.54, 1.807) is 6.08 Å². The molecule has 0 aromatic rings. The summed E-state index contributed by atoms with van der Waals surface area (Å²) in [5.41, 5.74) is 0. The van der Waals surface area contributed by atoms with Crippen LogP contribution in [0, 0.1) is 0 Å². The highest BCUT2D eigenvalue weighted by Gasteiger charge is 2.27. The highest BCUT2D eigenvalue weighted by molar-refractivity contribution is 7.47. The fourth-order valence-electron chi connectivity index (χ4n) is 8.63. The fraction of sp³-hybridized carbons (Fsp3) is 0.912. The first-order valence-corrected chi connectivity index (χ1v) is 30.2. The Morgan fingerprint density at radius 1 is 0.500 bits per heavy atom. The van der Waals surface area contributed by atoms with Gasteiger partial charge in [0.2, 0.25) is 5.91 Å². The molecule has 0 saturated carbocycles. The van der Waals surface area contributed by atoms with Crippen molar-refractivity contribution in [2.24, 2.45) is 0 Å². The molecule has 0 fully saturated rings. The first-order chi connectivity index (χ1) is 32.0. The lowest BCUT2D eigenvalue weighted by Gasteiger charge is -2.25. The van der Waals surface area contributed by atoms with Crippen molar-refractivity contribution in [2.45, 2.75) is 296 Å². The number of amides is 1. The smallest absolute Gasteiger partial charge is 0.387 e. The third kappa shape index (κ3) is 50.8. The van der Waals surface area contributed by atoms with E-state index in [2.05, 4.69) is 31.3 Å². The molecule has 0 aliphatic rings. The molecule has 0 aliphatic heterocycles. The highest BCUT2D eigenvalue weighted by atomic mass is 31.2. The van der Waals surface area contributed by atoms with Gasteiger partial charge in [-0.15, -0.1) is 0 Å².